The summed E-state index contributed by atoms with van der Waals surface area (Å²) < 4.78 is 22.9. The molecule has 1 fully saturated rings. The number of nitrogens with two attached hydrogens (primary N) is 1. The second kappa shape index (κ2) is 4.42. The number of amidine groups is 1. The van der Waals surface area contributed by atoms with Gasteiger partial charge in [-0.15, -0.1) is 0 Å². The van der Waals surface area contributed by atoms with Gasteiger partial charge in [0.05, 0.1) is 17.0 Å². The molecule has 1 amide bonds. The summed E-state index contributed by atoms with van der Waals surface area (Å²) in [6.07, 6.45) is 0.368. The number of hydrogen-bond acceptors (Lipinski definition) is 5. The first-order chi connectivity index (χ1) is 8.02. The number of sulfone groups is 1. The molecule has 0 aliphatic carbocycles. The van der Waals surface area contributed by atoms with Gasteiger partial charge in [-0.1, -0.05) is 5.16 Å². The van der Waals surface area contributed by atoms with Gasteiger partial charge in [0.1, 0.15) is 5.41 Å². The lowest BCUT2D eigenvalue weighted by Crippen LogP contribution is -2.54. The van der Waals surface area contributed by atoms with Crippen molar-refractivity contribution in [3.63, 3.8) is 0 Å². The summed E-state index contributed by atoms with van der Waals surface area (Å²) >= 11 is 0. The Morgan fingerprint density at radius 1 is 1.50 bits per heavy atom. The van der Waals surface area contributed by atoms with Crippen molar-refractivity contribution in [1.82, 2.24) is 5.32 Å². The number of nitrogens with zero attached hydrogens (tertiary/aromatic N) is 1. The maximum atomic E-state index is 12.1. The Balaban J connectivity index is 2.84. The Kier molecular flexibility index (Phi) is 3.62. The van der Waals surface area contributed by atoms with Crippen LogP contribution in [0.1, 0.15) is 27.2 Å². The molecule has 0 radical (unpaired) electrons. The van der Waals surface area contributed by atoms with Gasteiger partial charge in [0.2, 0.25) is 5.91 Å². The lowest BCUT2D eigenvalue weighted by molar-refractivity contribution is -0.127. The molecule has 8 heteroatoms. The molecule has 18 heavy (non-hydrogen) atoms. The van der Waals surface area contributed by atoms with Gasteiger partial charge >= 0.3 is 0 Å². The van der Waals surface area contributed by atoms with E-state index < -0.39 is 26.7 Å². The molecule has 1 saturated heterocycles. The summed E-state index contributed by atoms with van der Waals surface area (Å²) in [6, 6.07) is 0. The third-order valence-corrected chi connectivity index (χ3v) is 5.14. The van der Waals surface area contributed by atoms with Crippen LogP contribution in [0.15, 0.2) is 5.16 Å². The molecule has 0 aromatic heterocycles. The third kappa shape index (κ3) is 2.92. The molecule has 0 spiro atoms. The first-order valence-corrected chi connectivity index (χ1v) is 7.36. The standard InChI is InChI=1S/C10H19N3O4S/c1-9(2,7(11)13-15)8(14)12-10(3)4-5-18(16,17)6-10/h15H,4-6H2,1-3H3,(H2,11,13)(H,12,14). The second-order valence-corrected chi connectivity index (χ2v) is 7.65. The molecule has 7 nitrogen and oxygen atoms in total. The summed E-state index contributed by atoms with van der Waals surface area (Å²) in [4.78, 5) is 12.1. The lowest BCUT2D eigenvalue weighted by Gasteiger charge is -2.30. The van der Waals surface area contributed by atoms with Crippen molar-refractivity contribution in [2.24, 2.45) is 16.3 Å². The molecule has 0 aromatic rings. The molecule has 1 atom stereocenters. The third-order valence-electron chi connectivity index (χ3n) is 3.23. The first-order valence-electron chi connectivity index (χ1n) is 5.53. The molecule has 0 bridgehead atoms. The summed E-state index contributed by atoms with van der Waals surface area (Å²) in [7, 11) is -3.10. The van der Waals surface area contributed by atoms with Gasteiger partial charge in [0.15, 0.2) is 15.7 Å². The van der Waals surface area contributed by atoms with E-state index in [4.69, 9.17) is 10.9 Å². The smallest absolute Gasteiger partial charge is 0.233 e. The van der Waals surface area contributed by atoms with Crippen molar-refractivity contribution >= 4 is 21.6 Å². The Labute approximate surface area is 106 Å². The summed E-state index contributed by atoms with van der Waals surface area (Å²) in [6.45, 7) is 4.69. The highest BCUT2D eigenvalue weighted by Gasteiger charge is 2.43. The molecule has 0 saturated carbocycles. The number of nitrogens with one attached hydrogen (secondary N) is 1. The highest BCUT2D eigenvalue weighted by atomic mass is 32.2. The quantitative estimate of drug-likeness (QED) is 0.276. The summed E-state index contributed by atoms with van der Waals surface area (Å²) in [5.41, 5.74) is 3.46. The van der Waals surface area contributed by atoms with Crippen LogP contribution in [-0.2, 0) is 14.6 Å². The predicted molar refractivity (Wildman–Crippen MR) is 67.0 cm³/mol. The van der Waals surface area contributed by atoms with Crippen LogP contribution >= 0.6 is 0 Å². The van der Waals surface area contributed by atoms with Crippen LogP contribution in [0.3, 0.4) is 0 Å². The topological polar surface area (TPSA) is 122 Å². The fraction of sp³-hybridized carbons (Fsp3) is 0.800. The van der Waals surface area contributed by atoms with E-state index in [9.17, 15) is 13.2 Å². The minimum Gasteiger partial charge on any atom is -0.409 e. The van der Waals surface area contributed by atoms with E-state index in [1.54, 1.807) is 6.92 Å². The van der Waals surface area contributed by atoms with Crippen molar-refractivity contribution in [2.45, 2.75) is 32.7 Å². The zero-order valence-electron chi connectivity index (χ0n) is 10.7. The Hall–Kier alpha value is -1.31. The molecular formula is C10H19N3O4S. The number of oxime groups is 1. The fourth-order valence-corrected chi connectivity index (χ4v) is 3.87. The maximum Gasteiger partial charge on any atom is 0.233 e. The van der Waals surface area contributed by atoms with Gasteiger partial charge in [-0.25, -0.2) is 8.42 Å². The van der Waals surface area contributed by atoms with Gasteiger partial charge in [-0.2, -0.15) is 0 Å². The van der Waals surface area contributed by atoms with E-state index in [-0.39, 0.29) is 17.3 Å². The van der Waals surface area contributed by atoms with Crippen LogP contribution < -0.4 is 11.1 Å². The van der Waals surface area contributed by atoms with E-state index in [0.29, 0.717) is 6.42 Å². The minimum atomic E-state index is -3.10. The number of hydrogen-bond donors (Lipinski definition) is 3. The van der Waals surface area contributed by atoms with Gasteiger partial charge in [-0.05, 0) is 27.2 Å². The fourth-order valence-electron chi connectivity index (χ4n) is 1.78. The molecule has 0 aromatic carbocycles. The lowest BCUT2D eigenvalue weighted by atomic mass is 9.89. The molecule has 1 unspecified atom stereocenters. The van der Waals surface area contributed by atoms with E-state index in [1.165, 1.54) is 13.8 Å². The van der Waals surface area contributed by atoms with Crippen LogP contribution in [0.25, 0.3) is 0 Å². The molecule has 1 rings (SSSR count). The number of rotatable bonds is 3. The Morgan fingerprint density at radius 2 is 2.06 bits per heavy atom. The Bertz CT molecular complexity index is 483. The van der Waals surface area contributed by atoms with Crippen LogP contribution in [0.2, 0.25) is 0 Å². The van der Waals surface area contributed by atoms with E-state index in [1.807, 2.05) is 0 Å². The SMILES string of the molecule is CC1(NC(=O)C(C)(C)C(N)=NO)CCS(=O)(=O)C1. The molecular weight excluding hydrogens is 258 g/mol. The molecule has 1 aliphatic rings. The zero-order chi connectivity index (χ0) is 14.2. The molecule has 1 heterocycles. The summed E-state index contributed by atoms with van der Waals surface area (Å²) in [5.74, 6) is -0.701. The van der Waals surface area contributed by atoms with Crippen LogP contribution in [-0.4, -0.2) is 42.4 Å². The van der Waals surface area contributed by atoms with E-state index >= 15 is 0 Å². The highest BCUT2D eigenvalue weighted by molar-refractivity contribution is 7.91. The van der Waals surface area contributed by atoms with Crippen molar-refractivity contribution in [3.8, 4) is 0 Å². The monoisotopic (exact) mass is 277 g/mol. The largest absolute Gasteiger partial charge is 0.409 e. The van der Waals surface area contributed by atoms with Gasteiger partial charge < -0.3 is 16.3 Å². The zero-order valence-corrected chi connectivity index (χ0v) is 11.5. The average molecular weight is 277 g/mol. The predicted octanol–water partition coefficient (Wildman–Crippen LogP) is -0.548. The van der Waals surface area contributed by atoms with Crippen LogP contribution in [0.5, 0.6) is 0 Å². The van der Waals surface area contributed by atoms with Gasteiger partial charge in [-0.3, -0.25) is 4.79 Å². The molecule has 1 aliphatic heterocycles. The average Bonchev–Trinajstić information content (AvgIpc) is 2.51. The first kappa shape index (κ1) is 14.7. The Morgan fingerprint density at radius 3 is 2.44 bits per heavy atom. The van der Waals surface area contributed by atoms with Crippen molar-refractivity contribution < 1.29 is 18.4 Å². The normalized spacial score (nSPS) is 28.1. The van der Waals surface area contributed by atoms with Crippen molar-refractivity contribution in [3.05, 3.63) is 0 Å². The van der Waals surface area contributed by atoms with Crippen LogP contribution in [0, 0.1) is 5.41 Å². The van der Waals surface area contributed by atoms with Gasteiger partial charge in [0.25, 0.3) is 0 Å². The summed E-state index contributed by atoms with van der Waals surface area (Å²) in [5, 5.41) is 14.1. The van der Waals surface area contributed by atoms with Crippen LogP contribution in [0.4, 0.5) is 0 Å². The van der Waals surface area contributed by atoms with E-state index in [0.717, 1.165) is 0 Å². The molecule has 104 valence electrons. The minimum absolute atomic E-state index is 0.0633. The number of amides is 1. The van der Waals surface area contributed by atoms with Gasteiger partial charge in [0, 0.05) is 0 Å². The maximum absolute atomic E-state index is 12.1. The number of carbonyl (C=O) groups excluding carboxylic acids is 1. The van der Waals surface area contributed by atoms with Crippen molar-refractivity contribution in [1.29, 1.82) is 0 Å². The second-order valence-electron chi connectivity index (χ2n) is 5.47. The highest BCUT2D eigenvalue weighted by Crippen LogP contribution is 2.25. The van der Waals surface area contributed by atoms with Crippen molar-refractivity contribution in [2.75, 3.05) is 11.5 Å². The van der Waals surface area contributed by atoms with E-state index in [2.05, 4.69) is 10.5 Å². The number of carbonyl (C=O) groups is 1. The molecule has 4 N–H and O–H groups in total.